The maximum atomic E-state index is 13.8. The number of aromatic nitrogens is 3. The monoisotopic (exact) mass is 432 g/mol. The highest BCUT2D eigenvalue weighted by Crippen LogP contribution is 2.32. The summed E-state index contributed by atoms with van der Waals surface area (Å²) in [5, 5.41) is 5.06. The number of hydrogen-bond donors (Lipinski definition) is 0. The summed E-state index contributed by atoms with van der Waals surface area (Å²) in [5.74, 6) is 0. The standard InChI is InChI=1S/C21H25ClN4O2S/c1-15-20(16(2)26(24-15)21(3,4)5)29(27,28)25(14-17-7-6-12-23-13-17)19-10-8-18(22)9-11-19/h6-13H,14H2,1-5H3. The van der Waals surface area contributed by atoms with Crippen molar-refractivity contribution < 1.29 is 8.42 Å². The summed E-state index contributed by atoms with van der Waals surface area (Å²) in [6, 6.07) is 10.4. The van der Waals surface area contributed by atoms with Gasteiger partial charge in [-0.05, 0) is 70.5 Å². The Hall–Kier alpha value is -2.38. The molecule has 0 saturated carbocycles. The Morgan fingerprint density at radius 1 is 1.10 bits per heavy atom. The summed E-state index contributed by atoms with van der Waals surface area (Å²) in [7, 11) is -3.89. The Balaban J connectivity index is 2.17. The minimum atomic E-state index is -3.89. The van der Waals surface area contributed by atoms with Crippen molar-refractivity contribution in [2.45, 2.75) is 51.6 Å². The molecule has 0 saturated heterocycles. The second kappa shape index (κ2) is 7.80. The van der Waals surface area contributed by atoms with Crippen LogP contribution in [0, 0.1) is 13.8 Å². The van der Waals surface area contributed by atoms with Crippen molar-refractivity contribution in [3.63, 3.8) is 0 Å². The highest BCUT2D eigenvalue weighted by atomic mass is 35.5. The van der Waals surface area contributed by atoms with Crippen LogP contribution >= 0.6 is 11.6 Å². The van der Waals surface area contributed by atoms with E-state index < -0.39 is 10.0 Å². The summed E-state index contributed by atoms with van der Waals surface area (Å²) in [5.41, 5.74) is 2.06. The summed E-state index contributed by atoms with van der Waals surface area (Å²) in [4.78, 5) is 4.34. The van der Waals surface area contributed by atoms with Crippen LogP contribution in [-0.2, 0) is 22.1 Å². The van der Waals surface area contributed by atoms with Crippen molar-refractivity contribution in [3.05, 3.63) is 70.8 Å². The Kier molecular flexibility index (Phi) is 5.74. The molecule has 0 spiro atoms. The van der Waals surface area contributed by atoms with Crippen molar-refractivity contribution in [1.82, 2.24) is 14.8 Å². The van der Waals surface area contributed by atoms with Gasteiger partial charge in [0.15, 0.2) is 0 Å². The van der Waals surface area contributed by atoms with E-state index in [1.807, 2.05) is 26.8 Å². The molecule has 0 fully saturated rings. The maximum Gasteiger partial charge on any atom is 0.268 e. The number of anilines is 1. The normalized spacial score (nSPS) is 12.2. The molecule has 2 heterocycles. The third-order valence-electron chi connectivity index (χ3n) is 4.57. The maximum absolute atomic E-state index is 13.8. The number of hydrogen-bond acceptors (Lipinski definition) is 4. The first-order valence-electron chi connectivity index (χ1n) is 9.26. The molecule has 2 aromatic heterocycles. The smallest absolute Gasteiger partial charge is 0.264 e. The molecule has 0 unspecified atom stereocenters. The Labute approximate surface area is 177 Å². The Bertz CT molecular complexity index is 1100. The van der Waals surface area contributed by atoms with Crippen LogP contribution < -0.4 is 4.31 Å². The lowest BCUT2D eigenvalue weighted by Gasteiger charge is -2.25. The third kappa shape index (κ3) is 4.31. The molecule has 0 aliphatic rings. The number of pyridine rings is 1. The van der Waals surface area contributed by atoms with E-state index in [0.717, 1.165) is 5.56 Å². The molecule has 0 aliphatic heterocycles. The number of aryl methyl sites for hydroxylation is 1. The fourth-order valence-corrected chi connectivity index (χ4v) is 5.28. The molecule has 6 nitrogen and oxygen atoms in total. The molecule has 3 aromatic rings. The first-order chi connectivity index (χ1) is 13.5. The molecule has 0 atom stereocenters. The van der Waals surface area contributed by atoms with Gasteiger partial charge in [-0.2, -0.15) is 5.10 Å². The van der Waals surface area contributed by atoms with Gasteiger partial charge in [0.2, 0.25) is 0 Å². The number of rotatable bonds is 5. The molecule has 1 aromatic carbocycles. The van der Waals surface area contributed by atoms with E-state index in [-0.39, 0.29) is 17.0 Å². The van der Waals surface area contributed by atoms with Crippen LogP contribution in [0.5, 0.6) is 0 Å². The van der Waals surface area contributed by atoms with Gasteiger partial charge in [-0.25, -0.2) is 8.42 Å². The quantitative estimate of drug-likeness (QED) is 0.586. The molecule has 0 N–H and O–H groups in total. The molecule has 29 heavy (non-hydrogen) atoms. The van der Waals surface area contributed by atoms with Crippen LogP contribution in [0.4, 0.5) is 5.69 Å². The average Bonchev–Trinajstić information content (AvgIpc) is 2.96. The minimum Gasteiger partial charge on any atom is -0.264 e. The SMILES string of the molecule is Cc1nn(C(C)(C)C)c(C)c1S(=O)(=O)N(Cc1cccnc1)c1ccc(Cl)cc1. The zero-order valence-corrected chi connectivity index (χ0v) is 18.8. The van der Waals surface area contributed by atoms with E-state index in [2.05, 4.69) is 10.1 Å². The first-order valence-corrected chi connectivity index (χ1v) is 11.1. The van der Waals surface area contributed by atoms with E-state index in [0.29, 0.717) is 22.1 Å². The average molecular weight is 433 g/mol. The fourth-order valence-electron chi connectivity index (χ4n) is 3.34. The fraction of sp³-hybridized carbons (Fsp3) is 0.333. The predicted molar refractivity (Wildman–Crippen MR) is 116 cm³/mol. The number of benzene rings is 1. The van der Waals surface area contributed by atoms with Gasteiger partial charge < -0.3 is 0 Å². The van der Waals surface area contributed by atoms with Crippen molar-refractivity contribution in [1.29, 1.82) is 0 Å². The van der Waals surface area contributed by atoms with E-state index in [9.17, 15) is 8.42 Å². The van der Waals surface area contributed by atoms with Gasteiger partial charge in [-0.3, -0.25) is 14.0 Å². The number of halogens is 1. The van der Waals surface area contributed by atoms with E-state index in [1.165, 1.54) is 4.31 Å². The summed E-state index contributed by atoms with van der Waals surface area (Å²) in [6.45, 7) is 9.66. The molecule has 154 valence electrons. The van der Waals surface area contributed by atoms with Gasteiger partial charge in [0.05, 0.1) is 29.2 Å². The van der Waals surface area contributed by atoms with Gasteiger partial charge in [-0.1, -0.05) is 17.7 Å². The molecule has 0 aliphatic carbocycles. The van der Waals surface area contributed by atoms with Gasteiger partial charge in [0, 0.05) is 17.4 Å². The van der Waals surface area contributed by atoms with Crippen molar-refractivity contribution in [2.24, 2.45) is 0 Å². The summed E-state index contributed by atoms with van der Waals surface area (Å²) in [6.07, 6.45) is 3.32. The second-order valence-corrected chi connectivity index (χ2v) is 10.2. The van der Waals surface area contributed by atoms with E-state index in [4.69, 9.17) is 11.6 Å². The highest BCUT2D eigenvalue weighted by Gasteiger charge is 2.33. The zero-order valence-electron chi connectivity index (χ0n) is 17.2. The third-order valence-corrected chi connectivity index (χ3v) is 6.85. The lowest BCUT2D eigenvalue weighted by atomic mass is 10.1. The van der Waals surface area contributed by atoms with Gasteiger partial charge in [0.25, 0.3) is 10.0 Å². The van der Waals surface area contributed by atoms with Crippen LogP contribution in [-0.4, -0.2) is 23.2 Å². The molecule has 0 radical (unpaired) electrons. The largest absolute Gasteiger partial charge is 0.268 e. The molecular weight excluding hydrogens is 408 g/mol. The van der Waals surface area contributed by atoms with Crippen LogP contribution in [0.15, 0.2) is 53.7 Å². The van der Waals surface area contributed by atoms with Crippen molar-refractivity contribution in [3.8, 4) is 0 Å². The Morgan fingerprint density at radius 2 is 1.76 bits per heavy atom. The molecule has 3 rings (SSSR count). The molecule has 0 amide bonds. The predicted octanol–water partition coefficient (Wildman–Crippen LogP) is 4.70. The Morgan fingerprint density at radius 3 is 2.28 bits per heavy atom. The number of nitrogens with zero attached hydrogens (tertiary/aromatic N) is 4. The number of sulfonamides is 1. The zero-order chi connectivity index (χ0) is 21.4. The molecular formula is C21H25ClN4O2S. The highest BCUT2D eigenvalue weighted by molar-refractivity contribution is 7.92. The van der Waals surface area contributed by atoms with Crippen molar-refractivity contribution >= 4 is 27.3 Å². The lowest BCUT2D eigenvalue weighted by Crippen LogP contribution is -2.32. The second-order valence-electron chi connectivity index (χ2n) is 7.93. The lowest BCUT2D eigenvalue weighted by molar-refractivity contribution is 0.345. The van der Waals surface area contributed by atoms with Gasteiger partial charge in [-0.15, -0.1) is 0 Å². The van der Waals surface area contributed by atoms with Gasteiger partial charge >= 0.3 is 0 Å². The van der Waals surface area contributed by atoms with E-state index in [1.54, 1.807) is 61.3 Å². The first kappa shape index (κ1) is 21.3. The van der Waals surface area contributed by atoms with Gasteiger partial charge in [0.1, 0.15) is 4.90 Å². The van der Waals surface area contributed by atoms with E-state index >= 15 is 0 Å². The van der Waals surface area contributed by atoms with Crippen LogP contribution in [0.3, 0.4) is 0 Å². The van der Waals surface area contributed by atoms with Crippen LogP contribution in [0.2, 0.25) is 5.02 Å². The summed E-state index contributed by atoms with van der Waals surface area (Å²) >= 11 is 6.02. The summed E-state index contributed by atoms with van der Waals surface area (Å²) < 4.78 is 30.8. The van der Waals surface area contributed by atoms with Crippen molar-refractivity contribution in [2.75, 3.05) is 4.31 Å². The molecule has 0 bridgehead atoms. The van der Waals surface area contributed by atoms with Crippen LogP contribution in [0.1, 0.15) is 37.7 Å². The molecule has 8 heteroatoms. The minimum absolute atomic E-state index is 0.150. The topological polar surface area (TPSA) is 68.1 Å². The van der Waals surface area contributed by atoms with Crippen LogP contribution in [0.25, 0.3) is 0 Å².